The topological polar surface area (TPSA) is 0 Å². The smallest absolute Gasteiger partial charge is 0.0351 e. The van der Waals surface area contributed by atoms with E-state index in [-0.39, 0.29) is 0 Å². The van der Waals surface area contributed by atoms with Gasteiger partial charge in [-0.2, -0.15) is 0 Å². The summed E-state index contributed by atoms with van der Waals surface area (Å²) in [6.45, 7) is 10.2. The average molecular weight is 419 g/mol. The Labute approximate surface area is 193 Å². The minimum atomic E-state index is 0.967. The van der Waals surface area contributed by atoms with Gasteiger partial charge in [0.1, 0.15) is 0 Å². The maximum Gasteiger partial charge on any atom is -0.0351 e. The first-order valence-corrected chi connectivity index (χ1v) is 14.1. The van der Waals surface area contributed by atoms with Gasteiger partial charge in [-0.05, 0) is 31.6 Å². The Balaban J connectivity index is 3.21. The van der Waals surface area contributed by atoms with Gasteiger partial charge < -0.3 is 0 Å². The van der Waals surface area contributed by atoms with Gasteiger partial charge in [0.2, 0.25) is 0 Å². The first-order valence-electron chi connectivity index (χ1n) is 14.1. The zero-order valence-corrected chi connectivity index (χ0v) is 21.1. The average Bonchev–Trinajstić information content (AvgIpc) is 2.76. The normalized spacial score (nSPS) is 12.8. The minimum absolute atomic E-state index is 0.967. The second-order valence-corrected chi connectivity index (χ2v) is 9.62. The molecule has 0 N–H and O–H groups in total. The van der Waals surface area contributed by atoms with Crippen LogP contribution in [-0.4, -0.2) is 0 Å². The lowest BCUT2D eigenvalue weighted by Gasteiger charge is -2.13. The Kier molecular flexibility index (Phi) is 26.5. The molecule has 0 aromatic carbocycles. The fourth-order valence-corrected chi connectivity index (χ4v) is 4.48. The van der Waals surface area contributed by atoms with Gasteiger partial charge in [0, 0.05) is 0 Å². The Bertz CT molecular complexity index is 316. The van der Waals surface area contributed by atoms with Crippen molar-refractivity contribution in [3.63, 3.8) is 0 Å². The van der Waals surface area contributed by atoms with Gasteiger partial charge in [0.05, 0.1) is 0 Å². The molecule has 0 nitrogen and oxygen atoms in total. The highest BCUT2D eigenvalue weighted by Gasteiger charge is 2.05. The van der Waals surface area contributed by atoms with Crippen LogP contribution in [0.15, 0.2) is 12.2 Å². The summed E-state index contributed by atoms with van der Waals surface area (Å²) in [6, 6.07) is 0. The van der Waals surface area contributed by atoms with Gasteiger partial charge in [-0.25, -0.2) is 0 Å². The molecule has 0 heterocycles. The molecule has 0 saturated carbocycles. The Morgan fingerprint density at radius 1 is 0.467 bits per heavy atom. The Morgan fingerprint density at radius 2 is 0.800 bits per heavy atom. The van der Waals surface area contributed by atoms with E-state index >= 15 is 0 Å². The molecule has 0 aliphatic rings. The fraction of sp³-hybridized carbons (Fsp3) is 0.867. The molecule has 0 spiro atoms. The van der Waals surface area contributed by atoms with Crippen LogP contribution >= 0.6 is 0 Å². The van der Waals surface area contributed by atoms with Crippen molar-refractivity contribution in [3.05, 3.63) is 26.0 Å². The first-order chi connectivity index (χ1) is 14.8. The molecular formula is C30H58. The van der Waals surface area contributed by atoms with E-state index < -0.39 is 0 Å². The Hall–Kier alpha value is -0.260. The summed E-state index contributed by atoms with van der Waals surface area (Å²) in [5.41, 5.74) is 0. The fourth-order valence-electron chi connectivity index (χ4n) is 4.48. The third kappa shape index (κ3) is 24.0. The van der Waals surface area contributed by atoms with E-state index in [1.807, 2.05) is 0 Å². The molecule has 0 bridgehead atoms. The SMILES string of the molecule is [CH2]CCCCCCCCCCCCCCCC=CCCCCC(CC)CCCC[CH2]. The van der Waals surface area contributed by atoms with Gasteiger partial charge in [-0.1, -0.05) is 161 Å². The molecule has 0 aliphatic carbocycles. The van der Waals surface area contributed by atoms with Crippen LogP contribution in [0.5, 0.6) is 0 Å². The number of unbranched alkanes of at least 4 members (excludes halogenated alkanes) is 18. The largest absolute Gasteiger partial charge is 0.0885 e. The quantitative estimate of drug-likeness (QED) is 0.102. The molecule has 178 valence electrons. The lowest BCUT2D eigenvalue weighted by molar-refractivity contribution is 0.402. The lowest BCUT2D eigenvalue weighted by Crippen LogP contribution is -1.98. The summed E-state index contributed by atoms with van der Waals surface area (Å²) >= 11 is 0. The van der Waals surface area contributed by atoms with Crippen molar-refractivity contribution in [3.8, 4) is 0 Å². The van der Waals surface area contributed by atoms with Crippen molar-refractivity contribution in [2.45, 2.75) is 161 Å². The third-order valence-corrected chi connectivity index (χ3v) is 6.71. The van der Waals surface area contributed by atoms with Gasteiger partial charge in [-0.15, -0.1) is 0 Å². The van der Waals surface area contributed by atoms with Crippen LogP contribution in [0.25, 0.3) is 0 Å². The highest BCUT2D eigenvalue weighted by Crippen LogP contribution is 2.20. The van der Waals surface area contributed by atoms with Crippen molar-refractivity contribution >= 4 is 0 Å². The van der Waals surface area contributed by atoms with E-state index in [1.165, 1.54) is 141 Å². The highest BCUT2D eigenvalue weighted by atomic mass is 14.1. The number of hydrogen-bond donors (Lipinski definition) is 0. The molecule has 0 amide bonds. The van der Waals surface area contributed by atoms with Crippen LogP contribution < -0.4 is 0 Å². The zero-order chi connectivity index (χ0) is 22.0. The van der Waals surface area contributed by atoms with E-state index in [0.717, 1.165) is 18.8 Å². The molecule has 0 rings (SSSR count). The summed E-state index contributed by atoms with van der Waals surface area (Å²) in [5, 5.41) is 0. The maximum absolute atomic E-state index is 3.96. The standard InChI is InChI=1S/C30H58/c1-4-7-9-10-11-12-13-14-15-16-17-18-19-20-21-22-23-24-25-27-29-30(6-3)28-26-8-5-2/h22-23,30H,1-2,4-21,24-29H2,3H3. The molecular weight excluding hydrogens is 360 g/mol. The minimum Gasteiger partial charge on any atom is -0.0885 e. The molecule has 1 unspecified atom stereocenters. The van der Waals surface area contributed by atoms with Gasteiger partial charge in [0.15, 0.2) is 0 Å². The second kappa shape index (κ2) is 26.8. The van der Waals surface area contributed by atoms with E-state index in [0.29, 0.717) is 0 Å². The van der Waals surface area contributed by atoms with E-state index in [4.69, 9.17) is 0 Å². The van der Waals surface area contributed by atoms with Crippen LogP contribution in [-0.2, 0) is 0 Å². The summed E-state index contributed by atoms with van der Waals surface area (Å²) in [7, 11) is 0. The molecule has 1 atom stereocenters. The van der Waals surface area contributed by atoms with Crippen LogP contribution in [0.3, 0.4) is 0 Å². The number of rotatable bonds is 25. The van der Waals surface area contributed by atoms with Gasteiger partial charge in [0.25, 0.3) is 0 Å². The molecule has 0 heteroatoms. The molecule has 0 saturated heterocycles. The predicted molar refractivity (Wildman–Crippen MR) is 140 cm³/mol. The van der Waals surface area contributed by atoms with Crippen molar-refractivity contribution in [2.24, 2.45) is 5.92 Å². The number of hydrogen-bond acceptors (Lipinski definition) is 0. The first kappa shape index (κ1) is 29.7. The summed E-state index contributed by atoms with van der Waals surface area (Å²) in [5.74, 6) is 0.967. The van der Waals surface area contributed by atoms with Crippen molar-refractivity contribution in [1.29, 1.82) is 0 Å². The zero-order valence-electron chi connectivity index (χ0n) is 21.1. The maximum atomic E-state index is 3.96. The van der Waals surface area contributed by atoms with E-state index in [1.54, 1.807) is 0 Å². The Morgan fingerprint density at radius 3 is 1.23 bits per heavy atom. The second-order valence-electron chi connectivity index (χ2n) is 9.62. The van der Waals surface area contributed by atoms with Crippen LogP contribution in [0.1, 0.15) is 161 Å². The van der Waals surface area contributed by atoms with Gasteiger partial charge >= 0.3 is 0 Å². The van der Waals surface area contributed by atoms with Crippen LogP contribution in [0, 0.1) is 19.8 Å². The molecule has 0 aliphatic heterocycles. The summed E-state index contributed by atoms with van der Waals surface area (Å²) in [4.78, 5) is 0. The third-order valence-electron chi connectivity index (χ3n) is 6.71. The van der Waals surface area contributed by atoms with E-state index in [2.05, 4.69) is 32.9 Å². The van der Waals surface area contributed by atoms with Gasteiger partial charge in [-0.3, -0.25) is 0 Å². The lowest BCUT2D eigenvalue weighted by atomic mass is 9.93. The summed E-state index contributed by atoms with van der Waals surface area (Å²) in [6.07, 6.45) is 38.1. The van der Waals surface area contributed by atoms with Crippen molar-refractivity contribution in [1.82, 2.24) is 0 Å². The van der Waals surface area contributed by atoms with Crippen LogP contribution in [0.4, 0.5) is 0 Å². The van der Waals surface area contributed by atoms with E-state index in [9.17, 15) is 0 Å². The summed E-state index contributed by atoms with van der Waals surface area (Å²) < 4.78 is 0. The predicted octanol–water partition coefficient (Wildman–Crippen LogP) is 11.2. The molecule has 30 heavy (non-hydrogen) atoms. The van der Waals surface area contributed by atoms with Crippen molar-refractivity contribution < 1.29 is 0 Å². The number of allylic oxidation sites excluding steroid dienone is 2. The molecule has 0 aromatic heterocycles. The monoisotopic (exact) mass is 418 g/mol. The molecule has 0 fully saturated rings. The highest BCUT2D eigenvalue weighted by molar-refractivity contribution is 4.81. The van der Waals surface area contributed by atoms with Crippen molar-refractivity contribution in [2.75, 3.05) is 0 Å². The molecule has 2 radical (unpaired) electrons. The molecule has 0 aromatic rings. The van der Waals surface area contributed by atoms with Crippen LogP contribution in [0.2, 0.25) is 0 Å².